The highest BCUT2D eigenvalue weighted by atomic mass is 16.5. The molecule has 0 aromatic heterocycles. The molecular weight excluding hydrogens is 286 g/mol. The topological polar surface area (TPSA) is 84.9 Å². The monoisotopic (exact) mass is 307 g/mol. The van der Waals surface area contributed by atoms with Gasteiger partial charge in [-0.25, -0.2) is 4.79 Å². The van der Waals surface area contributed by atoms with Crippen LogP contribution in [0, 0.1) is 5.92 Å². The molecule has 1 atom stereocenters. The number of carbonyl (C=O) groups excluding carboxylic acids is 1. The molecule has 1 amide bonds. The molecule has 0 heterocycles. The fourth-order valence-electron chi connectivity index (χ4n) is 1.81. The third-order valence-corrected chi connectivity index (χ3v) is 3.00. The number of ether oxygens (including phenoxy) is 2. The Labute approximate surface area is 129 Å². The predicted octanol–water partition coefficient (Wildman–Crippen LogP) is 2.10. The highest BCUT2D eigenvalue weighted by Crippen LogP contribution is 2.28. The fourth-order valence-corrected chi connectivity index (χ4v) is 1.81. The Morgan fingerprint density at radius 1 is 1.36 bits per heavy atom. The molecular formula is C16H21NO5. The molecule has 1 aromatic rings. The van der Waals surface area contributed by atoms with Crippen molar-refractivity contribution in [3.05, 3.63) is 36.4 Å². The highest BCUT2D eigenvalue weighted by Gasteiger charge is 2.24. The van der Waals surface area contributed by atoms with Gasteiger partial charge in [-0.05, 0) is 24.1 Å². The van der Waals surface area contributed by atoms with Gasteiger partial charge in [0.25, 0.3) is 5.91 Å². The fraction of sp³-hybridized carbons (Fsp3) is 0.375. The highest BCUT2D eigenvalue weighted by molar-refractivity contribution is 5.97. The first-order chi connectivity index (χ1) is 10.4. The molecule has 6 heteroatoms. The van der Waals surface area contributed by atoms with E-state index in [1.165, 1.54) is 13.2 Å². The lowest BCUT2D eigenvalue weighted by molar-refractivity contribution is -0.140. The maximum atomic E-state index is 12.2. The molecule has 0 aliphatic carbocycles. The second kappa shape index (κ2) is 8.07. The van der Waals surface area contributed by atoms with Gasteiger partial charge >= 0.3 is 5.97 Å². The zero-order valence-corrected chi connectivity index (χ0v) is 13.0. The van der Waals surface area contributed by atoms with Crippen LogP contribution in [-0.4, -0.2) is 36.7 Å². The van der Waals surface area contributed by atoms with E-state index in [-0.39, 0.29) is 5.92 Å². The Morgan fingerprint density at radius 3 is 2.55 bits per heavy atom. The summed E-state index contributed by atoms with van der Waals surface area (Å²) in [6, 6.07) is 3.71. The van der Waals surface area contributed by atoms with Gasteiger partial charge in [-0.1, -0.05) is 26.5 Å². The third kappa shape index (κ3) is 4.51. The molecule has 0 spiro atoms. The van der Waals surface area contributed by atoms with Gasteiger partial charge in [0.1, 0.15) is 12.6 Å². The quantitative estimate of drug-likeness (QED) is 0.718. The van der Waals surface area contributed by atoms with E-state index in [1.807, 2.05) is 0 Å². The zero-order chi connectivity index (χ0) is 16.7. The van der Waals surface area contributed by atoms with E-state index in [4.69, 9.17) is 14.6 Å². The summed E-state index contributed by atoms with van der Waals surface area (Å²) in [6.45, 7) is 7.33. The third-order valence-electron chi connectivity index (χ3n) is 3.00. The maximum absolute atomic E-state index is 12.2. The molecule has 0 unspecified atom stereocenters. The number of methoxy groups -OCH3 is 1. The summed E-state index contributed by atoms with van der Waals surface area (Å²) in [4.78, 5) is 23.3. The molecule has 0 aliphatic rings. The Balaban J connectivity index is 2.94. The first-order valence-corrected chi connectivity index (χ1v) is 6.86. The first kappa shape index (κ1) is 17.6. The second-order valence-corrected chi connectivity index (χ2v) is 5.00. The number of aliphatic carboxylic acids is 1. The maximum Gasteiger partial charge on any atom is 0.326 e. The predicted molar refractivity (Wildman–Crippen MR) is 82.4 cm³/mol. The van der Waals surface area contributed by atoms with Crippen LogP contribution in [0.4, 0.5) is 0 Å². The average molecular weight is 307 g/mol. The Bertz CT molecular complexity index is 553. The largest absolute Gasteiger partial charge is 0.493 e. The van der Waals surface area contributed by atoms with Crippen LogP contribution in [0.2, 0.25) is 0 Å². The van der Waals surface area contributed by atoms with Crippen LogP contribution >= 0.6 is 0 Å². The van der Waals surface area contributed by atoms with Crippen molar-refractivity contribution in [3.63, 3.8) is 0 Å². The van der Waals surface area contributed by atoms with Crippen LogP contribution in [0.15, 0.2) is 30.9 Å². The van der Waals surface area contributed by atoms with Crippen molar-refractivity contribution in [3.8, 4) is 11.5 Å². The van der Waals surface area contributed by atoms with E-state index in [9.17, 15) is 9.59 Å². The van der Waals surface area contributed by atoms with Gasteiger partial charge in [0.2, 0.25) is 0 Å². The molecule has 2 N–H and O–H groups in total. The lowest BCUT2D eigenvalue weighted by Crippen LogP contribution is -2.44. The molecule has 0 bridgehead atoms. The molecule has 0 saturated carbocycles. The van der Waals surface area contributed by atoms with Gasteiger partial charge in [-0.2, -0.15) is 0 Å². The minimum atomic E-state index is -1.07. The van der Waals surface area contributed by atoms with E-state index in [0.717, 1.165) is 0 Å². The minimum absolute atomic E-state index is 0.224. The average Bonchev–Trinajstić information content (AvgIpc) is 2.49. The van der Waals surface area contributed by atoms with E-state index in [1.54, 1.807) is 32.1 Å². The molecule has 1 aromatic carbocycles. The van der Waals surface area contributed by atoms with Crippen molar-refractivity contribution >= 4 is 11.9 Å². The normalized spacial score (nSPS) is 11.6. The minimum Gasteiger partial charge on any atom is -0.493 e. The van der Waals surface area contributed by atoms with E-state index in [2.05, 4.69) is 11.9 Å². The summed E-state index contributed by atoms with van der Waals surface area (Å²) < 4.78 is 10.6. The molecule has 0 radical (unpaired) electrons. The van der Waals surface area contributed by atoms with E-state index in [0.29, 0.717) is 23.7 Å². The molecule has 0 saturated heterocycles. The molecule has 1 rings (SSSR count). The van der Waals surface area contributed by atoms with Gasteiger partial charge in [-0.3, -0.25) is 4.79 Å². The zero-order valence-electron chi connectivity index (χ0n) is 13.0. The number of carbonyl (C=O) groups is 2. The summed E-state index contributed by atoms with van der Waals surface area (Å²) in [5, 5.41) is 11.6. The van der Waals surface area contributed by atoms with Crippen molar-refractivity contribution in [2.75, 3.05) is 13.7 Å². The number of nitrogens with one attached hydrogen (secondary N) is 1. The standard InChI is InChI=1S/C16H21NO5/c1-5-8-22-12-7-6-11(9-13(12)21-4)15(18)17-14(10(2)3)16(19)20/h5-7,9-10,14H,1,8H2,2-4H3,(H,17,18)(H,19,20)/t14-/m0/s1. The van der Waals surface area contributed by atoms with Crippen molar-refractivity contribution < 1.29 is 24.2 Å². The van der Waals surface area contributed by atoms with Crippen LogP contribution < -0.4 is 14.8 Å². The number of rotatable bonds is 8. The lowest BCUT2D eigenvalue weighted by Gasteiger charge is -2.18. The Hall–Kier alpha value is -2.50. The second-order valence-electron chi connectivity index (χ2n) is 5.00. The molecule has 0 fully saturated rings. The summed E-state index contributed by atoms with van der Waals surface area (Å²) in [5.74, 6) is -0.891. The van der Waals surface area contributed by atoms with Gasteiger partial charge in [0, 0.05) is 5.56 Å². The van der Waals surface area contributed by atoms with Crippen molar-refractivity contribution in [2.24, 2.45) is 5.92 Å². The summed E-state index contributed by atoms with van der Waals surface area (Å²) in [6.07, 6.45) is 1.60. The number of hydrogen-bond donors (Lipinski definition) is 2. The molecule has 6 nitrogen and oxygen atoms in total. The number of amides is 1. The molecule has 0 aliphatic heterocycles. The van der Waals surface area contributed by atoms with Gasteiger partial charge in [-0.15, -0.1) is 0 Å². The summed E-state index contributed by atoms with van der Waals surface area (Å²) >= 11 is 0. The van der Waals surface area contributed by atoms with Crippen molar-refractivity contribution in [2.45, 2.75) is 19.9 Å². The molecule has 120 valence electrons. The summed E-state index contributed by atoms with van der Waals surface area (Å²) in [7, 11) is 1.46. The van der Waals surface area contributed by atoms with Gasteiger partial charge < -0.3 is 19.9 Å². The van der Waals surface area contributed by atoms with Crippen molar-refractivity contribution in [1.82, 2.24) is 5.32 Å². The van der Waals surface area contributed by atoms with Crippen LogP contribution in [0.1, 0.15) is 24.2 Å². The van der Waals surface area contributed by atoms with Crippen LogP contribution in [0.25, 0.3) is 0 Å². The SMILES string of the molecule is C=CCOc1ccc(C(=O)N[C@H](C(=O)O)C(C)C)cc1OC. The Morgan fingerprint density at radius 2 is 2.05 bits per heavy atom. The number of benzene rings is 1. The Kier molecular flexibility index (Phi) is 6.44. The van der Waals surface area contributed by atoms with E-state index >= 15 is 0 Å². The summed E-state index contributed by atoms with van der Waals surface area (Å²) in [5.41, 5.74) is 0.301. The van der Waals surface area contributed by atoms with E-state index < -0.39 is 17.9 Å². The first-order valence-electron chi connectivity index (χ1n) is 6.86. The van der Waals surface area contributed by atoms with Crippen LogP contribution in [0.5, 0.6) is 11.5 Å². The number of hydrogen-bond acceptors (Lipinski definition) is 4. The van der Waals surface area contributed by atoms with Gasteiger partial charge in [0.15, 0.2) is 11.5 Å². The smallest absolute Gasteiger partial charge is 0.326 e. The number of carboxylic acid groups (broad SMARTS) is 1. The number of carboxylic acids is 1. The van der Waals surface area contributed by atoms with Crippen molar-refractivity contribution in [1.29, 1.82) is 0 Å². The lowest BCUT2D eigenvalue weighted by atomic mass is 10.0. The molecule has 22 heavy (non-hydrogen) atoms. The van der Waals surface area contributed by atoms with Gasteiger partial charge in [0.05, 0.1) is 7.11 Å². The van der Waals surface area contributed by atoms with Crippen LogP contribution in [-0.2, 0) is 4.79 Å². The van der Waals surface area contributed by atoms with Crippen LogP contribution in [0.3, 0.4) is 0 Å².